The minimum absolute atomic E-state index is 0.00743. The Balaban J connectivity index is 2.45. The molecule has 0 radical (unpaired) electrons. The minimum atomic E-state index is -0.457. The third kappa shape index (κ3) is 7.19. The first kappa shape index (κ1) is 19.6. The zero-order chi connectivity index (χ0) is 17.9. The van der Waals surface area contributed by atoms with Crippen LogP contribution < -0.4 is 16.0 Å². The SMILES string of the molecule is CCCNC(=O)c1ccc(NC(=S)NC(=O)CCC(=O)OC)cc1. The van der Waals surface area contributed by atoms with Gasteiger partial charge in [0.2, 0.25) is 5.91 Å². The summed E-state index contributed by atoms with van der Waals surface area (Å²) in [5.41, 5.74) is 1.18. The summed E-state index contributed by atoms with van der Waals surface area (Å²) in [4.78, 5) is 34.4. The van der Waals surface area contributed by atoms with E-state index in [-0.39, 0.29) is 29.8 Å². The Hall–Kier alpha value is -2.48. The number of methoxy groups -OCH3 is 1. The van der Waals surface area contributed by atoms with E-state index in [4.69, 9.17) is 12.2 Å². The van der Waals surface area contributed by atoms with Crippen LogP contribution in [-0.2, 0) is 14.3 Å². The highest BCUT2D eigenvalue weighted by Gasteiger charge is 2.09. The fourth-order valence-electron chi connectivity index (χ4n) is 1.71. The number of benzene rings is 1. The standard InChI is InChI=1S/C16H21N3O4S/c1-3-10-17-15(22)11-4-6-12(7-5-11)18-16(24)19-13(20)8-9-14(21)23-2/h4-7H,3,8-10H2,1-2H3,(H,17,22)(H2,18,19,20,24). The van der Waals surface area contributed by atoms with E-state index in [0.29, 0.717) is 17.8 Å². The van der Waals surface area contributed by atoms with Crippen LogP contribution in [0.3, 0.4) is 0 Å². The molecule has 0 heterocycles. The van der Waals surface area contributed by atoms with E-state index in [2.05, 4.69) is 20.7 Å². The molecule has 0 saturated heterocycles. The van der Waals surface area contributed by atoms with Crippen LogP contribution in [0.15, 0.2) is 24.3 Å². The van der Waals surface area contributed by atoms with Gasteiger partial charge in [-0.2, -0.15) is 0 Å². The van der Waals surface area contributed by atoms with Crippen molar-refractivity contribution in [3.05, 3.63) is 29.8 Å². The quantitative estimate of drug-likeness (QED) is 0.510. The normalized spacial score (nSPS) is 9.75. The molecule has 8 heteroatoms. The number of anilines is 1. The first-order valence-corrected chi connectivity index (χ1v) is 7.93. The maximum absolute atomic E-state index is 11.8. The molecule has 1 aromatic rings. The summed E-state index contributed by atoms with van der Waals surface area (Å²) < 4.78 is 4.46. The number of thiocarbonyl (C=S) groups is 1. The third-order valence-corrected chi connectivity index (χ3v) is 3.18. The van der Waals surface area contributed by atoms with Crippen molar-refractivity contribution in [2.75, 3.05) is 19.0 Å². The van der Waals surface area contributed by atoms with Gasteiger partial charge in [0.1, 0.15) is 0 Å². The highest BCUT2D eigenvalue weighted by atomic mass is 32.1. The lowest BCUT2D eigenvalue weighted by atomic mass is 10.2. The summed E-state index contributed by atoms with van der Waals surface area (Å²) >= 11 is 5.02. The molecule has 0 saturated carbocycles. The predicted octanol–water partition coefficient (Wildman–Crippen LogP) is 1.59. The van der Waals surface area contributed by atoms with Gasteiger partial charge in [0, 0.05) is 24.2 Å². The minimum Gasteiger partial charge on any atom is -0.469 e. The van der Waals surface area contributed by atoms with Gasteiger partial charge in [-0.15, -0.1) is 0 Å². The van der Waals surface area contributed by atoms with Gasteiger partial charge in [-0.3, -0.25) is 14.4 Å². The predicted molar refractivity (Wildman–Crippen MR) is 94.7 cm³/mol. The second kappa shape index (κ2) is 10.3. The highest BCUT2D eigenvalue weighted by molar-refractivity contribution is 7.80. The second-order valence-corrected chi connectivity index (χ2v) is 5.32. The van der Waals surface area contributed by atoms with Crippen LogP contribution >= 0.6 is 12.2 Å². The Morgan fingerprint density at radius 3 is 2.38 bits per heavy atom. The van der Waals surface area contributed by atoms with Crippen LogP contribution in [0.2, 0.25) is 0 Å². The van der Waals surface area contributed by atoms with Crippen molar-refractivity contribution in [2.45, 2.75) is 26.2 Å². The summed E-state index contributed by atoms with van der Waals surface area (Å²) in [5.74, 6) is -0.975. The van der Waals surface area contributed by atoms with E-state index in [9.17, 15) is 14.4 Å². The molecule has 1 aromatic carbocycles. The fraction of sp³-hybridized carbons (Fsp3) is 0.375. The molecule has 0 aliphatic heterocycles. The molecule has 1 rings (SSSR count). The van der Waals surface area contributed by atoms with E-state index in [1.807, 2.05) is 6.92 Å². The number of nitrogens with one attached hydrogen (secondary N) is 3. The van der Waals surface area contributed by atoms with Crippen LogP contribution in [-0.4, -0.2) is 36.6 Å². The van der Waals surface area contributed by atoms with Crippen molar-refractivity contribution in [1.29, 1.82) is 0 Å². The summed E-state index contributed by atoms with van der Waals surface area (Å²) in [6.07, 6.45) is 0.854. The fourth-order valence-corrected chi connectivity index (χ4v) is 1.95. The molecule has 0 unspecified atom stereocenters. The lowest BCUT2D eigenvalue weighted by Gasteiger charge is -2.10. The Bertz CT molecular complexity index is 602. The van der Waals surface area contributed by atoms with Gasteiger partial charge in [0.05, 0.1) is 13.5 Å². The van der Waals surface area contributed by atoms with E-state index in [1.165, 1.54) is 7.11 Å². The zero-order valence-corrected chi connectivity index (χ0v) is 14.5. The molecular weight excluding hydrogens is 330 g/mol. The van der Waals surface area contributed by atoms with E-state index >= 15 is 0 Å². The largest absolute Gasteiger partial charge is 0.469 e. The van der Waals surface area contributed by atoms with Crippen LogP contribution in [0.5, 0.6) is 0 Å². The molecule has 0 bridgehead atoms. The lowest BCUT2D eigenvalue weighted by Crippen LogP contribution is -2.34. The number of carbonyl (C=O) groups is 3. The van der Waals surface area contributed by atoms with Gasteiger partial charge in [0.25, 0.3) is 5.91 Å². The van der Waals surface area contributed by atoms with Gasteiger partial charge in [-0.05, 0) is 42.9 Å². The van der Waals surface area contributed by atoms with Crippen LogP contribution in [0.4, 0.5) is 5.69 Å². The third-order valence-electron chi connectivity index (χ3n) is 2.98. The number of hydrogen-bond donors (Lipinski definition) is 3. The van der Waals surface area contributed by atoms with Crippen molar-refractivity contribution < 1.29 is 19.1 Å². The number of amides is 2. The average Bonchev–Trinajstić information content (AvgIpc) is 2.57. The second-order valence-electron chi connectivity index (χ2n) is 4.91. The molecule has 130 valence electrons. The number of esters is 1. The molecule has 0 aliphatic rings. The Morgan fingerprint density at radius 1 is 1.12 bits per heavy atom. The summed E-state index contributed by atoms with van der Waals surface area (Å²) in [5, 5.41) is 8.20. The summed E-state index contributed by atoms with van der Waals surface area (Å²) in [6.45, 7) is 2.61. The molecule has 0 atom stereocenters. The monoisotopic (exact) mass is 351 g/mol. The van der Waals surface area contributed by atoms with Gasteiger partial charge in [-0.1, -0.05) is 6.92 Å². The van der Waals surface area contributed by atoms with Crippen molar-refractivity contribution in [3.63, 3.8) is 0 Å². The molecule has 0 spiro atoms. The van der Waals surface area contributed by atoms with Crippen LogP contribution in [0.1, 0.15) is 36.5 Å². The molecule has 24 heavy (non-hydrogen) atoms. The molecular formula is C16H21N3O4S. The number of rotatable bonds is 7. The highest BCUT2D eigenvalue weighted by Crippen LogP contribution is 2.09. The Kier molecular flexibility index (Phi) is 8.42. The van der Waals surface area contributed by atoms with Gasteiger partial charge in [-0.25, -0.2) is 0 Å². The number of hydrogen-bond acceptors (Lipinski definition) is 5. The summed E-state index contributed by atoms with van der Waals surface area (Å²) in [6, 6.07) is 6.70. The molecule has 0 fully saturated rings. The smallest absolute Gasteiger partial charge is 0.306 e. The number of ether oxygens (including phenoxy) is 1. The number of carbonyl (C=O) groups excluding carboxylic acids is 3. The Morgan fingerprint density at radius 2 is 1.79 bits per heavy atom. The van der Waals surface area contributed by atoms with Gasteiger partial charge in [0.15, 0.2) is 5.11 Å². The topological polar surface area (TPSA) is 96.5 Å². The lowest BCUT2D eigenvalue weighted by molar-refractivity contribution is -0.142. The molecule has 7 nitrogen and oxygen atoms in total. The van der Waals surface area contributed by atoms with E-state index < -0.39 is 5.97 Å². The molecule has 0 aromatic heterocycles. The maximum Gasteiger partial charge on any atom is 0.306 e. The van der Waals surface area contributed by atoms with Crippen LogP contribution in [0.25, 0.3) is 0 Å². The summed E-state index contributed by atoms with van der Waals surface area (Å²) in [7, 11) is 1.26. The van der Waals surface area contributed by atoms with E-state index in [1.54, 1.807) is 24.3 Å². The van der Waals surface area contributed by atoms with Crippen LogP contribution in [0, 0.1) is 0 Å². The first-order valence-electron chi connectivity index (χ1n) is 7.52. The first-order chi connectivity index (χ1) is 11.5. The van der Waals surface area contributed by atoms with Crippen molar-refractivity contribution in [3.8, 4) is 0 Å². The molecule has 3 N–H and O–H groups in total. The van der Waals surface area contributed by atoms with Crippen molar-refractivity contribution in [2.24, 2.45) is 0 Å². The molecule has 0 aliphatic carbocycles. The maximum atomic E-state index is 11.8. The average molecular weight is 351 g/mol. The van der Waals surface area contributed by atoms with Crippen molar-refractivity contribution >= 4 is 40.8 Å². The van der Waals surface area contributed by atoms with E-state index in [0.717, 1.165) is 6.42 Å². The zero-order valence-electron chi connectivity index (χ0n) is 13.7. The molecule has 2 amide bonds. The Labute approximate surface area is 146 Å². The van der Waals surface area contributed by atoms with Gasteiger partial charge >= 0.3 is 5.97 Å². The van der Waals surface area contributed by atoms with Gasteiger partial charge < -0.3 is 20.7 Å². The van der Waals surface area contributed by atoms with Crippen molar-refractivity contribution in [1.82, 2.24) is 10.6 Å².